The van der Waals surface area contributed by atoms with Crippen LogP contribution in [-0.2, 0) is 4.79 Å². The van der Waals surface area contributed by atoms with Crippen LogP contribution in [0.5, 0.6) is 0 Å². The highest BCUT2D eigenvalue weighted by Crippen LogP contribution is 1.99. The Labute approximate surface area is 76.7 Å². The maximum atomic E-state index is 10.8. The molecule has 0 saturated carbocycles. The van der Waals surface area contributed by atoms with Gasteiger partial charge in [-0.25, -0.2) is 5.84 Å². The Morgan fingerprint density at radius 3 is 2.69 bits per heavy atom. The van der Waals surface area contributed by atoms with Gasteiger partial charge in [-0.05, 0) is 19.3 Å². The van der Waals surface area contributed by atoms with Crippen LogP contribution in [0.3, 0.4) is 0 Å². The summed E-state index contributed by atoms with van der Waals surface area (Å²) in [5.74, 6) is 9.34. The largest absolute Gasteiger partial charge is 0.320 e. The first kappa shape index (κ1) is 11.8. The average Bonchev–Trinajstić information content (AvgIpc) is 2.16. The number of nitrogens with zero attached hydrogens (tertiary/aromatic N) is 2. The van der Waals surface area contributed by atoms with E-state index in [2.05, 4.69) is 10.3 Å². The summed E-state index contributed by atoms with van der Waals surface area (Å²) in [4.78, 5) is 10.8. The van der Waals surface area contributed by atoms with Crippen LogP contribution in [-0.4, -0.2) is 18.5 Å². The third-order valence-electron chi connectivity index (χ3n) is 1.58. The molecule has 0 saturated heterocycles. The summed E-state index contributed by atoms with van der Waals surface area (Å²) in [5.41, 5.74) is 7.46. The minimum absolute atomic E-state index is 0.347. The molecule has 0 aromatic carbocycles. The normalized spacial score (nSPS) is 13.1. The smallest absolute Gasteiger partial charge is 0.250 e. The summed E-state index contributed by atoms with van der Waals surface area (Å²) >= 11 is 0. The number of nitrogens with one attached hydrogen (secondary N) is 1. The number of nitrogens with two attached hydrogens (primary N) is 3. The number of hydrazine groups is 1. The Balaban J connectivity index is 3.36. The lowest BCUT2D eigenvalue weighted by Crippen LogP contribution is -2.43. The fraction of sp³-hybridized carbons (Fsp3) is 0.833. The van der Waals surface area contributed by atoms with Crippen LogP contribution in [0.4, 0.5) is 0 Å². The topological polar surface area (TPSA) is 132 Å². The summed E-state index contributed by atoms with van der Waals surface area (Å²) in [6.45, 7) is 0.563. The van der Waals surface area contributed by atoms with Gasteiger partial charge >= 0.3 is 0 Å². The van der Waals surface area contributed by atoms with Gasteiger partial charge in [0.1, 0.15) is 0 Å². The molecule has 0 aromatic rings. The third-order valence-corrected chi connectivity index (χ3v) is 1.58. The van der Waals surface area contributed by atoms with Crippen LogP contribution >= 0.6 is 0 Å². The van der Waals surface area contributed by atoms with Crippen molar-refractivity contribution >= 4 is 5.91 Å². The SMILES string of the molecule is NN=NCCCC[C@H](N)C(=O)NN. The van der Waals surface area contributed by atoms with Crippen molar-refractivity contribution in [2.24, 2.45) is 27.8 Å². The van der Waals surface area contributed by atoms with Gasteiger partial charge in [-0.1, -0.05) is 5.22 Å². The van der Waals surface area contributed by atoms with Crippen molar-refractivity contribution in [1.82, 2.24) is 5.43 Å². The van der Waals surface area contributed by atoms with E-state index in [-0.39, 0.29) is 5.91 Å². The quantitative estimate of drug-likeness (QED) is 0.137. The molecular formula is C6H16N6O. The number of carbonyl (C=O) groups excluding carboxylic acids is 1. The monoisotopic (exact) mass is 188 g/mol. The molecule has 0 rings (SSSR count). The molecule has 7 nitrogen and oxygen atoms in total. The Kier molecular flexibility index (Phi) is 6.75. The van der Waals surface area contributed by atoms with E-state index >= 15 is 0 Å². The van der Waals surface area contributed by atoms with Gasteiger partial charge in [0.25, 0.3) is 5.91 Å². The van der Waals surface area contributed by atoms with Crippen LogP contribution in [0.25, 0.3) is 0 Å². The van der Waals surface area contributed by atoms with Gasteiger partial charge < -0.3 is 11.6 Å². The van der Waals surface area contributed by atoms with Crippen molar-refractivity contribution in [2.75, 3.05) is 6.54 Å². The van der Waals surface area contributed by atoms with Crippen molar-refractivity contribution in [1.29, 1.82) is 0 Å². The van der Waals surface area contributed by atoms with Crippen molar-refractivity contribution in [3.8, 4) is 0 Å². The molecule has 7 N–H and O–H groups in total. The predicted molar refractivity (Wildman–Crippen MR) is 48.1 cm³/mol. The number of amides is 1. The molecule has 1 atom stereocenters. The maximum absolute atomic E-state index is 10.8. The number of carbonyl (C=O) groups is 1. The van der Waals surface area contributed by atoms with Crippen LogP contribution in [0.2, 0.25) is 0 Å². The van der Waals surface area contributed by atoms with Gasteiger partial charge in [-0.2, -0.15) is 5.11 Å². The van der Waals surface area contributed by atoms with E-state index in [1.54, 1.807) is 0 Å². The molecule has 13 heavy (non-hydrogen) atoms. The zero-order chi connectivity index (χ0) is 10.1. The molecule has 0 aliphatic carbocycles. The standard InChI is InChI=1S/C6H16N6O/c7-5(6(13)11-8)3-1-2-4-10-12-9/h5H,1-4,7-8H2,(H2,9,10)(H,11,13)/t5-/m0/s1. The highest BCUT2D eigenvalue weighted by molar-refractivity contribution is 5.80. The fourth-order valence-electron chi connectivity index (χ4n) is 0.843. The molecule has 0 unspecified atom stereocenters. The van der Waals surface area contributed by atoms with E-state index in [1.807, 2.05) is 5.43 Å². The lowest BCUT2D eigenvalue weighted by Gasteiger charge is -2.07. The highest BCUT2D eigenvalue weighted by atomic mass is 16.2. The first-order chi connectivity index (χ1) is 6.22. The van der Waals surface area contributed by atoms with Crippen LogP contribution in [0.1, 0.15) is 19.3 Å². The Morgan fingerprint density at radius 1 is 1.46 bits per heavy atom. The molecule has 0 aliphatic rings. The van der Waals surface area contributed by atoms with Gasteiger partial charge in [0.05, 0.1) is 12.6 Å². The Morgan fingerprint density at radius 2 is 2.15 bits per heavy atom. The lowest BCUT2D eigenvalue weighted by molar-refractivity contribution is -0.122. The first-order valence-corrected chi connectivity index (χ1v) is 4.05. The number of hydrogen-bond acceptors (Lipinski definition) is 5. The number of unbranched alkanes of at least 4 members (excludes halogenated alkanes) is 1. The molecule has 0 bridgehead atoms. The Hall–Kier alpha value is -1.21. The molecule has 1 amide bonds. The van der Waals surface area contributed by atoms with Crippen molar-refractivity contribution < 1.29 is 4.79 Å². The van der Waals surface area contributed by atoms with Crippen molar-refractivity contribution in [3.63, 3.8) is 0 Å². The third kappa shape index (κ3) is 6.00. The Bertz CT molecular complexity index is 171. The summed E-state index contributed by atoms with van der Waals surface area (Å²) in [5, 5.41) is 6.67. The van der Waals surface area contributed by atoms with E-state index in [4.69, 9.17) is 17.4 Å². The molecule has 0 heterocycles. The van der Waals surface area contributed by atoms with E-state index in [1.165, 1.54) is 0 Å². The summed E-state index contributed by atoms with van der Waals surface area (Å²) < 4.78 is 0. The minimum atomic E-state index is -0.542. The fourth-order valence-corrected chi connectivity index (χ4v) is 0.843. The van der Waals surface area contributed by atoms with Gasteiger partial charge in [-0.3, -0.25) is 10.2 Å². The van der Waals surface area contributed by atoms with E-state index in [9.17, 15) is 4.79 Å². The second-order valence-corrected chi connectivity index (χ2v) is 2.59. The molecule has 0 spiro atoms. The van der Waals surface area contributed by atoms with Crippen molar-refractivity contribution in [3.05, 3.63) is 0 Å². The second kappa shape index (κ2) is 7.44. The molecule has 76 valence electrons. The number of hydrogen-bond donors (Lipinski definition) is 4. The molecule has 0 fully saturated rings. The van der Waals surface area contributed by atoms with Gasteiger partial charge in [0.15, 0.2) is 0 Å². The maximum Gasteiger partial charge on any atom is 0.250 e. The molecule has 0 aromatic heterocycles. The molecule has 7 heteroatoms. The minimum Gasteiger partial charge on any atom is -0.320 e. The molecular weight excluding hydrogens is 172 g/mol. The van der Waals surface area contributed by atoms with Gasteiger partial charge in [0.2, 0.25) is 0 Å². The van der Waals surface area contributed by atoms with E-state index in [0.717, 1.165) is 12.8 Å². The average molecular weight is 188 g/mol. The van der Waals surface area contributed by atoms with E-state index in [0.29, 0.717) is 13.0 Å². The zero-order valence-corrected chi connectivity index (χ0v) is 7.44. The lowest BCUT2D eigenvalue weighted by atomic mass is 10.1. The second-order valence-electron chi connectivity index (χ2n) is 2.59. The zero-order valence-electron chi connectivity index (χ0n) is 7.44. The van der Waals surface area contributed by atoms with Crippen LogP contribution in [0, 0.1) is 0 Å². The predicted octanol–water partition coefficient (Wildman–Crippen LogP) is -1.20. The van der Waals surface area contributed by atoms with E-state index < -0.39 is 6.04 Å². The summed E-state index contributed by atoms with van der Waals surface area (Å²) in [6.07, 6.45) is 2.20. The van der Waals surface area contributed by atoms with Crippen LogP contribution < -0.4 is 22.8 Å². The van der Waals surface area contributed by atoms with Crippen molar-refractivity contribution in [2.45, 2.75) is 25.3 Å². The van der Waals surface area contributed by atoms with Gasteiger partial charge in [-0.15, -0.1) is 0 Å². The van der Waals surface area contributed by atoms with Crippen LogP contribution in [0.15, 0.2) is 10.3 Å². The molecule has 0 aliphatic heterocycles. The highest BCUT2D eigenvalue weighted by Gasteiger charge is 2.10. The summed E-state index contributed by atoms with van der Waals surface area (Å²) in [7, 11) is 0. The summed E-state index contributed by atoms with van der Waals surface area (Å²) in [6, 6.07) is -0.542. The molecule has 0 radical (unpaired) electrons. The first-order valence-electron chi connectivity index (χ1n) is 4.05. The van der Waals surface area contributed by atoms with Gasteiger partial charge in [0, 0.05) is 0 Å². The number of rotatable bonds is 6.